The Morgan fingerprint density at radius 2 is 2.00 bits per heavy atom. The predicted molar refractivity (Wildman–Crippen MR) is 49.0 cm³/mol. The van der Waals surface area contributed by atoms with E-state index >= 15 is 0 Å². The fraction of sp³-hybridized carbons (Fsp3) is 0.889. The summed E-state index contributed by atoms with van der Waals surface area (Å²) in [5.41, 5.74) is 5.73. The number of alkyl halides is 1. The monoisotopic (exact) mass is 188 g/mol. The molecule has 0 radical (unpaired) electrons. The molecular formula is C9H17FN2O. The van der Waals surface area contributed by atoms with E-state index in [1.165, 1.54) is 4.90 Å². The van der Waals surface area contributed by atoms with Gasteiger partial charge < -0.3 is 10.6 Å². The van der Waals surface area contributed by atoms with Gasteiger partial charge in [0.05, 0.1) is 0 Å². The van der Waals surface area contributed by atoms with Crippen LogP contribution in [-0.4, -0.2) is 36.6 Å². The van der Waals surface area contributed by atoms with Crippen LogP contribution in [0.25, 0.3) is 0 Å². The molecule has 0 spiro atoms. The first-order chi connectivity index (χ1) is 6.15. The van der Waals surface area contributed by atoms with Crippen LogP contribution in [0.3, 0.4) is 0 Å². The van der Waals surface area contributed by atoms with Crippen molar-refractivity contribution < 1.29 is 9.18 Å². The van der Waals surface area contributed by atoms with E-state index < -0.39 is 12.6 Å². The third-order valence-corrected chi connectivity index (χ3v) is 2.80. The SMILES string of the molecule is CN(C(=O)CF)C1CCC(N)CC1. The van der Waals surface area contributed by atoms with Gasteiger partial charge in [-0.1, -0.05) is 0 Å². The number of rotatable bonds is 2. The molecule has 0 unspecified atom stereocenters. The van der Waals surface area contributed by atoms with Crippen LogP contribution in [0.4, 0.5) is 4.39 Å². The summed E-state index contributed by atoms with van der Waals surface area (Å²) in [5.74, 6) is -0.416. The zero-order valence-electron chi connectivity index (χ0n) is 8.00. The van der Waals surface area contributed by atoms with Crippen LogP contribution in [0.1, 0.15) is 25.7 Å². The summed E-state index contributed by atoms with van der Waals surface area (Å²) in [6, 6.07) is 0.466. The van der Waals surface area contributed by atoms with Crippen LogP contribution in [0.15, 0.2) is 0 Å². The van der Waals surface area contributed by atoms with Gasteiger partial charge in [0.25, 0.3) is 5.91 Å². The summed E-state index contributed by atoms with van der Waals surface area (Å²) in [4.78, 5) is 12.5. The highest BCUT2D eigenvalue weighted by Gasteiger charge is 2.24. The van der Waals surface area contributed by atoms with Crippen LogP contribution in [-0.2, 0) is 4.79 Å². The standard InChI is InChI=1S/C9H17FN2O/c1-12(9(13)6-10)8-4-2-7(11)3-5-8/h7-8H,2-6,11H2,1H3. The minimum absolute atomic E-state index is 0.197. The second-order valence-corrected chi connectivity index (χ2v) is 3.71. The molecule has 1 rings (SSSR count). The highest BCUT2D eigenvalue weighted by Crippen LogP contribution is 2.21. The Morgan fingerprint density at radius 3 is 2.46 bits per heavy atom. The van der Waals surface area contributed by atoms with Gasteiger partial charge in [0.1, 0.15) is 0 Å². The summed E-state index contributed by atoms with van der Waals surface area (Å²) in [6.45, 7) is -0.890. The van der Waals surface area contributed by atoms with Gasteiger partial charge in [-0.3, -0.25) is 4.79 Å². The summed E-state index contributed by atoms with van der Waals surface area (Å²) < 4.78 is 12.1. The Balaban J connectivity index is 2.39. The summed E-state index contributed by atoms with van der Waals surface area (Å²) in [6.07, 6.45) is 3.69. The van der Waals surface area contributed by atoms with E-state index in [2.05, 4.69) is 0 Å². The number of halogens is 1. The van der Waals surface area contributed by atoms with Gasteiger partial charge in [-0.05, 0) is 25.7 Å². The molecule has 13 heavy (non-hydrogen) atoms. The Morgan fingerprint density at radius 1 is 1.46 bits per heavy atom. The van der Waals surface area contributed by atoms with Crippen molar-refractivity contribution in [3.8, 4) is 0 Å². The maximum absolute atomic E-state index is 12.1. The number of carbonyl (C=O) groups is 1. The number of amides is 1. The van der Waals surface area contributed by atoms with E-state index in [1.54, 1.807) is 7.05 Å². The third kappa shape index (κ3) is 2.66. The maximum atomic E-state index is 12.1. The molecule has 1 aliphatic carbocycles. The molecule has 1 aliphatic rings. The van der Waals surface area contributed by atoms with Crippen molar-refractivity contribution in [2.75, 3.05) is 13.7 Å². The van der Waals surface area contributed by atoms with Crippen molar-refractivity contribution in [2.45, 2.75) is 37.8 Å². The second-order valence-electron chi connectivity index (χ2n) is 3.71. The molecule has 0 saturated heterocycles. The Kier molecular flexibility index (Phi) is 3.66. The molecule has 0 aliphatic heterocycles. The number of hydrogen-bond acceptors (Lipinski definition) is 2. The number of carbonyl (C=O) groups excluding carboxylic acids is 1. The Labute approximate surface area is 78.1 Å². The summed E-state index contributed by atoms with van der Waals surface area (Å²) >= 11 is 0. The summed E-state index contributed by atoms with van der Waals surface area (Å²) in [7, 11) is 1.67. The molecule has 76 valence electrons. The van der Waals surface area contributed by atoms with Gasteiger partial charge in [0, 0.05) is 19.1 Å². The smallest absolute Gasteiger partial charge is 0.253 e. The number of hydrogen-bond donors (Lipinski definition) is 1. The van der Waals surface area contributed by atoms with Gasteiger partial charge in [-0.15, -0.1) is 0 Å². The van der Waals surface area contributed by atoms with E-state index in [9.17, 15) is 9.18 Å². The molecule has 4 heteroatoms. The van der Waals surface area contributed by atoms with E-state index in [0.29, 0.717) is 0 Å². The largest absolute Gasteiger partial charge is 0.341 e. The van der Waals surface area contributed by atoms with E-state index in [-0.39, 0.29) is 12.1 Å². The van der Waals surface area contributed by atoms with Crippen LogP contribution in [0.5, 0.6) is 0 Å². The highest BCUT2D eigenvalue weighted by atomic mass is 19.1. The minimum Gasteiger partial charge on any atom is -0.341 e. The molecule has 3 nitrogen and oxygen atoms in total. The lowest BCUT2D eigenvalue weighted by atomic mass is 9.91. The quantitative estimate of drug-likeness (QED) is 0.692. The molecule has 2 N–H and O–H groups in total. The molecule has 0 bridgehead atoms. The van der Waals surface area contributed by atoms with Gasteiger partial charge >= 0.3 is 0 Å². The lowest BCUT2D eigenvalue weighted by Gasteiger charge is -2.32. The fourth-order valence-electron chi connectivity index (χ4n) is 1.79. The third-order valence-electron chi connectivity index (χ3n) is 2.80. The predicted octanol–water partition coefficient (Wildman–Crippen LogP) is 0.684. The zero-order valence-corrected chi connectivity index (χ0v) is 8.00. The molecule has 1 saturated carbocycles. The first-order valence-electron chi connectivity index (χ1n) is 4.72. The van der Waals surface area contributed by atoms with Gasteiger partial charge in [0.2, 0.25) is 0 Å². The number of nitrogens with two attached hydrogens (primary N) is 1. The minimum atomic E-state index is -0.890. The lowest BCUT2D eigenvalue weighted by Crippen LogP contribution is -2.42. The van der Waals surface area contributed by atoms with E-state index in [1.807, 2.05) is 0 Å². The van der Waals surface area contributed by atoms with Crippen molar-refractivity contribution in [3.05, 3.63) is 0 Å². The summed E-state index contributed by atoms with van der Waals surface area (Å²) in [5, 5.41) is 0. The Bertz CT molecular complexity index is 178. The normalized spacial score (nSPS) is 28.5. The zero-order chi connectivity index (χ0) is 9.84. The molecule has 1 fully saturated rings. The van der Waals surface area contributed by atoms with Crippen LogP contribution in [0, 0.1) is 0 Å². The van der Waals surface area contributed by atoms with Crippen molar-refractivity contribution >= 4 is 5.91 Å². The average Bonchev–Trinajstić information content (AvgIpc) is 2.17. The van der Waals surface area contributed by atoms with Gasteiger partial charge in [0.15, 0.2) is 6.67 Å². The van der Waals surface area contributed by atoms with Gasteiger partial charge in [-0.2, -0.15) is 0 Å². The van der Waals surface area contributed by atoms with E-state index in [4.69, 9.17) is 5.73 Å². The molecule has 0 aromatic heterocycles. The van der Waals surface area contributed by atoms with Crippen molar-refractivity contribution in [1.82, 2.24) is 4.90 Å². The Hall–Kier alpha value is -0.640. The van der Waals surface area contributed by atoms with Crippen LogP contribution in [0.2, 0.25) is 0 Å². The molecular weight excluding hydrogens is 171 g/mol. The van der Waals surface area contributed by atoms with Crippen LogP contribution < -0.4 is 5.73 Å². The molecule has 0 aromatic carbocycles. The maximum Gasteiger partial charge on any atom is 0.253 e. The second kappa shape index (κ2) is 4.56. The topological polar surface area (TPSA) is 46.3 Å². The molecule has 1 amide bonds. The van der Waals surface area contributed by atoms with Gasteiger partial charge in [-0.25, -0.2) is 4.39 Å². The van der Waals surface area contributed by atoms with Crippen LogP contribution >= 0.6 is 0 Å². The molecule has 0 aromatic rings. The highest BCUT2D eigenvalue weighted by molar-refractivity contribution is 5.77. The first kappa shape index (κ1) is 10.4. The van der Waals surface area contributed by atoms with E-state index in [0.717, 1.165) is 25.7 Å². The first-order valence-corrected chi connectivity index (χ1v) is 4.72. The lowest BCUT2D eigenvalue weighted by molar-refractivity contribution is -0.133. The fourth-order valence-corrected chi connectivity index (χ4v) is 1.79. The van der Waals surface area contributed by atoms with Crippen molar-refractivity contribution in [2.24, 2.45) is 5.73 Å². The number of nitrogens with zero attached hydrogens (tertiary/aromatic N) is 1. The van der Waals surface area contributed by atoms with Crippen molar-refractivity contribution in [1.29, 1.82) is 0 Å². The average molecular weight is 188 g/mol. The molecule has 0 atom stereocenters. The molecule has 0 heterocycles. The van der Waals surface area contributed by atoms with Crippen molar-refractivity contribution in [3.63, 3.8) is 0 Å².